The topological polar surface area (TPSA) is 49.4 Å². The van der Waals surface area contributed by atoms with Crippen LogP contribution in [-0.4, -0.2) is 18.4 Å². The van der Waals surface area contributed by atoms with Crippen LogP contribution in [0, 0.1) is 5.92 Å². The van der Waals surface area contributed by atoms with Gasteiger partial charge in [0, 0.05) is 30.8 Å². The molecule has 28 heavy (non-hydrogen) atoms. The number of halogens is 3. The minimum atomic E-state index is -4.43. The predicted molar refractivity (Wildman–Crippen MR) is 99.1 cm³/mol. The first-order valence-corrected chi connectivity index (χ1v) is 9.13. The van der Waals surface area contributed by atoms with Crippen LogP contribution >= 0.6 is 0 Å². The summed E-state index contributed by atoms with van der Waals surface area (Å²) < 4.78 is 39.6. The highest BCUT2D eigenvalue weighted by molar-refractivity contribution is 5.97. The van der Waals surface area contributed by atoms with Crippen molar-refractivity contribution in [3.05, 3.63) is 59.2 Å². The number of carbonyl (C=O) groups is 2. The lowest BCUT2D eigenvalue weighted by atomic mass is 10.0. The van der Waals surface area contributed by atoms with Crippen LogP contribution in [0.2, 0.25) is 0 Å². The Bertz CT molecular complexity index is 955. The molecule has 1 fully saturated rings. The number of benzene rings is 2. The van der Waals surface area contributed by atoms with Gasteiger partial charge in [-0.3, -0.25) is 9.59 Å². The van der Waals surface area contributed by atoms with Crippen molar-refractivity contribution in [2.45, 2.75) is 31.9 Å². The highest BCUT2D eigenvalue weighted by Gasteiger charge is 2.47. The molecular formula is C21H19F3N2O2. The van der Waals surface area contributed by atoms with Crippen LogP contribution in [0.25, 0.3) is 0 Å². The minimum absolute atomic E-state index is 0.0281. The van der Waals surface area contributed by atoms with Crippen LogP contribution in [0.4, 0.5) is 24.5 Å². The number of nitrogens with zero attached hydrogens (tertiary/aromatic N) is 1. The molecule has 1 aliphatic carbocycles. The molecular weight excluding hydrogens is 369 g/mol. The molecule has 2 amide bonds. The zero-order valence-electron chi connectivity index (χ0n) is 15.2. The number of rotatable bonds is 3. The van der Waals surface area contributed by atoms with Gasteiger partial charge < -0.3 is 10.2 Å². The Hall–Kier alpha value is -2.83. The molecule has 1 saturated carbocycles. The van der Waals surface area contributed by atoms with Gasteiger partial charge in [0.1, 0.15) is 0 Å². The maximum atomic E-state index is 13.2. The summed E-state index contributed by atoms with van der Waals surface area (Å²) in [7, 11) is 0. The second-order valence-electron chi connectivity index (χ2n) is 7.29. The zero-order chi connectivity index (χ0) is 20.1. The third-order valence-electron chi connectivity index (χ3n) is 5.42. The van der Waals surface area contributed by atoms with E-state index in [0.717, 1.165) is 17.3 Å². The fourth-order valence-corrected chi connectivity index (χ4v) is 3.95. The quantitative estimate of drug-likeness (QED) is 0.850. The number of carbonyl (C=O) groups excluding carboxylic acids is 2. The Labute approximate surface area is 160 Å². The average Bonchev–Trinajstić information content (AvgIpc) is 3.33. The summed E-state index contributed by atoms with van der Waals surface area (Å²) in [6.45, 7) is 2.12. The average molecular weight is 388 g/mol. The van der Waals surface area contributed by atoms with Gasteiger partial charge in [-0.1, -0.05) is 18.2 Å². The smallest absolute Gasteiger partial charge is 0.326 e. The van der Waals surface area contributed by atoms with Gasteiger partial charge in [-0.2, -0.15) is 13.2 Å². The van der Waals surface area contributed by atoms with Crippen LogP contribution in [0.15, 0.2) is 42.5 Å². The van der Waals surface area contributed by atoms with Gasteiger partial charge in [-0.05, 0) is 54.2 Å². The number of fused-ring (bicyclic) bond motifs is 1. The lowest BCUT2D eigenvalue weighted by Gasteiger charge is -2.15. The molecule has 0 saturated heterocycles. The molecule has 7 heteroatoms. The lowest BCUT2D eigenvalue weighted by molar-refractivity contribution is -0.138. The first kappa shape index (κ1) is 18.5. The zero-order valence-corrected chi connectivity index (χ0v) is 15.2. The van der Waals surface area contributed by atoms with Gasteiger partial charge in [-0.25, -0.2) is 0 Å². The van der Waals surface area contributed by atoms with E-state index in [0.29, 0.717) is 25.1 Å². The molecule has 0 bridgehead atoms. The monoisotopic (exact) mass is 388 g/mol. The molecule has 1 N–H and O–H groups in total. The van der Waals surface area contributed by atoms with E-state index in [-0.39, 0.29) is 17.4 Å². The molecule has 4 nitrogen and oxygen atoms in total. The summed E-state index contributed by atoms with van der Waals surface area (Å²) in [6.07, 6.45) is -3.31. The van der Waals surface area contributed by atoms with E-state index in [2.05, 4.69) is 5.32 Å². The largest absolute Gasteiger partial charge is 0.416 e. The van der Waals surface area contributed by atoms with E-state index >= 15 is 0 Å². The molecule has 2 aliphatic rings. The molecule has 0 spiro atoms. The summed E-state index contributed by atoms with van der Waals surface area (Å²) in [5.74, 6) is -1.19. The summed E-state index contributed by atoms with van der Waals surface area (Å²) in [5, 5.41) is 2.81. The summed E-state index contributed by atoms with van der Waals surface area (Å²) >= 11 is 0. The Morgan fingerprint density at radius 3 is 2.61 bits per heavy atom. The lowest BCUT2D eigenvalue weighted by Crippen LogP contribution is -2.25. The molecule has 1 heterocycles. The Balaban J connectivity index is 1.47. The van der Waals surface area contributed by atoms with Crippen molar-refractivity contribution in [1.29, 1.82) is 0 Å². The van der Waals surface area contributed by atoms with Crippen LogP contribution in [0.1, 0.15) is 36.0 Å². The van der Waals surface area contributed by atoms with E-state index in [1.54, 1.807) is 23.1 Å². The minimum Gasteiger partial charge on any atom is -0.326 e. The van der Waals surface area contributed by atoms with Gasteiger partial charge in [0.05, 0.1) is 5.56 Å². The Morgan fingerprint density at radius 1 is 1.14 bits per heavy atom. The second kappa shape index (κ2) is 6.65. The van der Waals surface area contributed by atoms with E-state index in [4.69, 9.17) is 0 Å². The van der Waals surface area contributed by atoms with Gasteiger partial charge >= 0.3 is 6.18 Å². The molecule has 2 aromatic rings. The van der Waals surface area contributed by atoms with E-state index < -0.39 is 23.6 Å². The number of nitrogens with one attached hydrogen (secondary N) is 1. The van der Waals surface area contributed by atoms with Crippen molar-refractivity contribution in [3.8, 4) is 0 Å². The molecule has 1 aliphatic heterocycles. The Morgan fingerprint density at radius 2 is 1.89 bits per heavy atom. The van der Waals surface area contributed by atoms with Crippen molar-refractivity contribution in [1.82, 2.24) is 0 Å². The first-order valence-electron chi connectivity index (χ1n) is 9.13. The van der Waals surface area contributed by atoms with E-state index in [1.807, 2.05) is 6.07 Å². The number of anilines is 2. The van der Waals surface area contributed by atoms with Gasteiger partial charge in [0.15, 0.2) is 0 Å². The van der Waals surface area contributed by atoms with Crippen molar-refractivity contribution in [3.63, 3.8) is 0 Å². The first-order chi connectivity index (χ1) is 13.3. The second-order valence-corrected chi connectivity index (χ2v) is 7.29. The third kappa shape index (κ3) is 3.37. The van der Waals surface area contributed by atoms with Crippen molar-refractivity contribution in [2.75, 3.05) is 16.8 Å². The number of hydrogen-bond acceptors (Lipinski definition) is 2. The highest BCUT2D eigenvalue weighted by Crippen LogP contribution is 2.51. The fraction of sp³-hybridized carbons (Fsp3) is 0.333. The molecule has 0 aromatic heterocycles. The van der Waals surface area contributed by atoms with Crippen LogP contribution in [0.5, 0.6) is 0 Å². The van der Waals surface area contributed by atoms with Crippen molar-refractivity contribution >= 4 is 23.2 Å². The molecule has 2 aromatic carbocycles. The van der Waals surface area contributed by atoms with Crippen molar-refractivity contribution < 1.29 is 22.8 Å². The third-order valence-corrected chi connectivity index (χ3v) is 5.42. The van der Waals surface area contributed by atoms with Crippen LogP contribution in [0.3, 0.4) is 0 Å². The summed E-state index contributed by atoms with van der Waals surface area (Å²) in [5.41, 5.74) is 1.93. The molecule has 4 rings (SSSR count). The SMILES string of the molecule is CC(=O)N1CCc2cc(NC(=O)C3CC3c3ccccc3C(F)(F)F)ccc21. The number of alkyl halides is 3. The van der Waals surface area contributed by atoms with Crippen LogP contribution < -0.4 is 10.2 Å². The van der Waals surface area contributed by atoms with Gasteiger partial charge in [0.2, 0.25) is 11.8 Å². The number of amides is 2. The normalized spacial score (nSPS) is 20.6. The number of hydrogen-bond donors (Lipinski definition) is 1. The standard InChI is InChI=1S/C21H19F3N2O2/c1-12(27)26-9-8-13-10-14(6-7-19(13)26)25-20(28)17-11-16(17)15-4-2-3-5-18(15)21(22,23)24/h2-7,10,16-17H,8-9,11H2,1H3,(H,25,28). The fourth-order valence-electron chi connectivity index (χ4n) is 3.95. The van der Waals surface area contributed by atoms with Crippen molar-refractivity contribution in [2.24, 2.45) is 5.92 Å². The van der Waals surface area contributed by atoms with Gasteiger partial charge in [0.25, 0.3) is 0 Å². The Kier molecular flexibility index (Phi) is 4.40. The molecule has 146 valence electrons. The van der Waals surface area contributed by atoms with Crippen LogP contribution in [-0.2, 0) is 22.2 Å². The maximum Gasteiger partial charge on any atom is 0.416 e. The molecule has 0 radical (unpaired) electrons. The highest BCUT2D eigenvalue weighted by atomic mass is 19.4. The van der Waals surface area contributed by atoms with E-state index in [9.17, 15) is 22.8 Å². The molecule has 2 atom stereocenters. The predicted octanol–water partition coefficient (Wildman–Crippen LogP) is 4.36. The summed E-state index contributed by atoms with van der Waals surface area (Å²) in [6, 6.07) is 10.8. The molecule has 2 unspecified atom stereocenters. The maximum absolute atomic E-state index is 13.2. The van der Waals surface area contributed by atoms with E-state index in [1.165, 1.54) is 19.1 Å². The van der Waals surface area contributed by atoms with Gasteiger partial charge in [-0.15, -0.1) is 0 Å². The summed E-state index contributed by atoms with van der Waals surface area (Å²) in [4.78, 5) is 25.8.